The van der Waals surface area contributed by atoms with Crippen LogP contribution in [0.1, 0.15) is 22.3 Å². The predicted octanol–water partition coefficient (Wildman–Crippen LogP) is 6.37. The molecule has 0 saturated heterocycles. The molecule has 0 aromatic heterocycles. The average Bonchev–Trinajstić information content (AvgIpc) is 2.95. The van der Waals surface area contributed by atoms with Crippen LogP contribution in [0.4, 0.5) is 0 Å². The quantitative estimate of drug-likeness (QED) is 0.242. The smallest absolute Gasteiger partial charge is 0.160 e. The monoisotopic (exact) mass is 514 g/mol. The Morgan fingerprint density at radius 3 is 1.21 bits per heavy atom. The molecule has 0 aliphatic heterocycles. The zero-order valence-corrected chi connectivity index (χ0v) is 22.3. The van der Waals surface area contributed by atoms with Crippen LogP contribution in [-0.4, -0.2) is 38.7 Å². The summed E-state index contributed by atoms with van der Waals surface area (Å²) in [6.45, 7) is 0. The molecular formula is C32H34O6. The Labute approximate surface area is 224 Å². The molecule has 6 nitrogen and oxygen atoms in total. The summed E-state index contributed by atoms with van der Waals surface area (Å²) in [6.07, 6.45) is 2.95. The molecule has 4 rings (SSSR count). The lowest BCUT2D eigenvalue weighted by Gasteiger charge is -2.16. The van der Waals surface area contributed by atoms with E-state index in [1.807, 2.05) is 60.7 Å². The van der Waals surface area contributed by atoms with Crippen LogP contribution in [0.15, 0.2) is 72.8 Å². The van der Waals surface area contributed by atoms with Crippen molar-refractivity contribution in [2.75, 3.05) is 28.4 Å². The van der Waals surface area contributed by atoms with Crippen LogP contribution in [0.3, 0.4) is 0 Å². The summed E-state index contributed by atoms with van der Waals surface area (Å²) in [7, 11) is 6.50. The van der Waals surface area contributed by atoms with Crippen molar-refractivity contribution >= 4 is 0 Å². The standard InChI is InChI=1S/C32H34O6/c1-35-29-15-7-21(17-31(29)37-3)5-9-23-19-25(33)11-13-27(23)28-14-12-26(34)20-24(28)10-6-22-8-16-30(36-2)32(18-22)38-4/h7-8,11-20,33-34H,5-6,9-10H2,1-4H3. The van der Waals surface area contributed by atoms with Gasteiger partial charge >= 0.3 is 0 Å². The maximum absolute atomic E-state index is 10.3. The van der Waals surface area contributed by atoms with E-state index in [-0.39, 0.29) is 11.5 Å². The average molecular weight is 515 g/mol. The van der Waals surface area contributed by atoms with Crippen molar-refractivity contribution in [1.29, 1.82) is 0 Å². The molecule has 0 unspecified atom stereocenters. The third-order valence-corrected chi connectivity index (χ3v) is 6.73. The Morgan fingerprint density at radius 2 is 0.842 bits per heavy atom. The summed E-state index contributed by atoms with van der Waals surface area (Å²) in [4.78, 5) is 0. The lowest BCUT2D eigenvalue weighted by atomic mass is 9.90. The lowest BCUT2D eigenvalue weighted by Crippen LogP contribution is -2.00. The second-order valence-corrected chi connectivity index (χ2v) is 9.06. The minimum absolute atomic E-state index is 0.224. The second kappa shape index (κ2) is 12.3. The van der Waals surface area contributed by atoms with Crippen molar-refractivity contribution in [2.24, 2.45) is 0 Å². The normalized spacial score (nSPS) is 10.7. The van der Waals surface area contributed by atoms with E-state index in [1.54, 1.807) is 40.6 Å². The Hall–Kier alpha value is -4.32. The fourth-order valence-electron chi connectivity index (χ4n) is 4.73. The maximum atomic E-state index is 10.3. The maximum Gasteiger partial charge on any atom is 0.160 e. The first-order chi connectivity index (χ1) is 18.4. The van der Waals surface area contributed by atoms with Gasteiger partial charge in [-0.15, -0.1) is 0 Å². The molecule has 0 heterocycles. The minimum Gasteiger partial charge on any atom is -0.508 e. The van der Waals surface area contributed by atoms with E-state index >= 15 is 0 Å². The van der Waals surface area contributed by atoms with Crippen molar-refractivity contribution in [3.63, 3.8) is 0 Å². The number of benzene rings is 4. The van der Waals surface area contributed by atoms with Gasteiger partial charge in [-0.1, -0.05) is 24.3 Å². The van der Waals surface area contributed by atoms with Gasteiger partial charge in [-0.25, -0.2) is 0 Å². The number of hydrogen-bond acceptors (Lipinski definition) is 6. The summed E-state index contributed by atoms with van der Waals surface area (Å²) in [5.41, 5.74) is 6.33. The number of aryl methyl sites for hydroxylation is 4. The molecular weight excluding hydrogens is 480 g/mol. The number of ether oxygens (including phenoxy) is 4. The Bertz CT molecular complexity index is 1290. The number of methoxy groups -OCH3 is 4. The molecule has 2 N–H and O–H groups in total. The van der Waals surface area contributed by atoms with Crippen LogP contribution in [0.5, 0.6) is 34.5 Å². The van der Waals surface area contributed by atoms with Crippen LogP contribution in [-0.2, 0) is 25.7 Å². The summed E-state index contributed by atoms with van der Waals surface area (Å²) < 4.78 is 21.6. The van der Waals surface area contributed by atoms with E-state index in [0.717, 1.165) is 59.1 Å². The number of aromatic hydroxyl groups is 2. The zero-order chi connectivity index (χ0) is 27.1. The van der Waals surface area contributed by atoms with Crippen LogP contribution in [0.25, 0.3) is 11.1 Å². The molecule has 0 bridgehead atoms. The van der Waals surface area contributed by atoms with Gasteiger partial charge in [-0.3, -0.25) is 0 Å². The SMILES string of the molecule is COc1ccc(CCc2cc(O)ccc2-c2ccc(O)cc2CCc2ccc(OC)c(OC)c2)cc1OC. The lowest BCUT2D eigenvalue weighted by molar-refractivity contribution is 0.354. The molecule has 0 spiro atoms. The highest BCUT2D eigenvalue weighted by Gasteiger charge is 2.14. The van der Waals surface area contributed by atoms with Gasteiger partial charge < -0.3 is 29.2 Å². The molecule has 38 heavy (non-hydrogen) atoms. The highest BCUT2D eigenvalue weighted by molar-refractivity contribution is 5.72. The van der Waals surface area contributed by atoms with E-state index < -0.39 is 0 Å². The first-order valence-electron chi connectivity index (χ1n) is 12.5. The van der Waals surface area contributed by atoms with Crippen molar-refractivity contribution < 1.29 is 29.2 Å². The summed E-state index contributed by atoms with van der Waals surface area (Å²) in [5.74, 6) is 3.22. The zero-order valence-electron chi connectivity index (χ0n) is 22.3. The highest BCUT2D eigenvalue weighted by atomic mass is 16.5. The molecule has 4 aromatic carbocycles. The molecule has 6 heteroatoms. The van der Waals surface area contributed by atoms with Crippen molar-refractivity contribution in [3.05, 3.63) is 95.1 Å². The molecule has 0 saturated carbocycles. The van der Waals surface area contributed by atoms with Gasteiger partial charge in [0.1, 0.15) is 11.5 Å². The van der Waals surface area contributed by atoms with Crippen LogP contribution in [0.2, 0.25) is 0 Å². The topological polar surface area (TPSA) is 77.4 Å². The molecule has 4 aromatic rings. The summed E-state index contributed by atoms with van der Waals surface area (Å²) in [6, 6.07) is 22.8. The first kappa shape index (κ1) is 26.7. The van der Waals surface area contributed by atoms with E-state index in [2.05, 4.69) is 0 Å². The van der Waals surface area contributed by atoms with Gasteiger partial charge in [0.2, 0.25) is 0 Å². The van der Waals surface area contributed by atoms with Crippen LogP contribution >= 0.6 is 0 Å². The van der Waals surface area contributed by atoms with Crippen LogP contribution < -0.4 is 18.9 Å². The Morgan fingerprint density at radius 1 is 0.447 bits per heavy atom. The summed E-state index contributed by atoms with van der Waals surface area (Å²) >= 11 is 0. The summed E-state index contributed by atoms with van der Waals surface area (Å²) in [5, 5.41) is 20.6. The third-order valence-electron chi connectivity index (χ3n) is 6.73. The first-order valence-corrected chi connectivity index (χ1v) is 12.5. The highest BCUT2D eigenvalue weighted by Crippen LogP contribution is 2.35. The van der Waals surface area contributed by atoms with Gasteiger partial charge in [-0.2, -0.15) is 0 Å². The van der Waals surface area contributed by atoms with E-state index in [1.165, 1.54) is 0 Å². The van der Waals surface area contributed by atoms with E-state index in [4.69, 9.17) is 18.9 Å². The fourth-order valence-corrected chi connectivity index (χ4v) is 4.73. The minimum atomic E-state index is 0.224. The number of phenolic OH excluding ortho intramolecular Hbond substituents is 2. The van der Waals surface area contributed by atoms with Gasteiger partial charge in [0.15, 0.2) is 23.0 Å². The number of hydrogen-bond donors (Lipinski definition) is 2. The van der Waals surface area contributed by atoms with Gasteiger partial charge in [-0.05, 0) is 108 Å². The van der Waals surface area contributed by atoms with Crippen molar-refractivity contribution in [1.82, 2.24) is 0 Å². The number of rotatable bonds is 11. The Balaban J connectivity index is 1.61. The largest absolute Gasteiger partial charge is 0.508 e. The van der Waals surface area contributed by atoms with Gasteiger partial charge in [0.25, 0.3) is 0 Å². The van der Waals surface area contributed by atoms with Crippen molar-refractivity contribution in [2.45, 2.75) is 25.7 Å². The molecule has 0 aliphatic carbocycles. The molecule has 0 radical (unpaired) electrons. The van der Waals surface area contributed by atoms with E-state index in [0.29, 0.717) is 23.0 Å². The molecule has 0 amide bonds. The number of phenols is 2. The van der Waals surface area contributed by atoms with Crippen molar-refractivity contribution in [3.8, 4) is 45.6 Å². The fraction of sp³-hybridized carbons (Fsp3) is 0.250. The Kier molecular flexibility index (Phi) is 8.64. The predicted molar refractivity (Wildman–Crippen MR) is 149 cm³/mol. The molecule has 0 aliphatic rings. The van der Waals surface area contributed by atoms with Crippen LogP contribution in [0, 0.1) is 0 Å². The molecule has 0 atom stereocenters. The molecule has 198 valence electrons. The third kappa shape index (κ3) is 6.14. The van der Waals surface area contributed by atoms with Gasteiger partial charge in [0, 0.05) is 0 Å². The van der Waals surface area contributed by atoms with Gasteiger partial charge in [0.05, 0.1) is 28.4 Å². The second-order valence-electron chi connectivity index (χ2n) is 9.06. The van der Waals surface area contributed by atoms with E-state index in [9.17, 15) is 10.2 Å². The molecule has 0 fully saturated rings.